The van der Waals surface area contributed by atoms with Crippen molar-refractivity contribution >= 4 is 22.8 Å². The molecule has 104 valence electrons. The Kier molecular flexibility index (Phi) is 4.30. The van der Waals surface area contributed by atoms with Crippen LogP contribution < -0.4 is 5.32 Å². The third-order valence-corrected chi connectivity index (χ3v) is 2.79. The van der Waals surface area contributed by atoms with Gasteiger partial charge in [0.15, 0.2) is 0 Å². The van der Waals surface area contributed by atoms with Gasteiger partial charge in [-0.15, -0.1) is 0 Å². The lowest BCUT2D eigenvalue weighted by molar-refractivity contribution is -0.141. The molecule has 0 fully saturated rings. The molecule has 0 aliphatic heterocycles. The van der Waals surface area contributed by atoms with Crippen LogP contribution in [-0.4, -0.2) is 30.0 Å². The lowest BCUT2D eigenvalue weighted by Gasteiger charge is -2.08. The predicted octanol–water partition coefficient (Wildman–Crippen LogP) is 1.84. The fourth-order valence-corrected chi connectivity index (χ4v) is 1.96. The Labute approximate surface area is 117 Å². The van der Waals surface area contributed by atoms with E-state index in [0.717, 1.165) is 16.6 Å². The van der Waals surface area contributed by atoms with Crippen LogP contribution in [0.25, 0.3) is 10.9 Å². The van der Waals surface area contributed by atoms with Crippen LogP contribution in [0.4, 0.5) is 0 Å². The zero-order valence-electron chi connectivity index (χ0n) is 11.5. The monoisotopic (exact) mass is 272 g/mol. The summed E-state index contributed by atoms with van der Waals surface area (Å²) in [4.78, 5) is 27.8. The molecule has 1 heterocycles. The molecule has 0 unspecified atom stereocenters. The van der Waals surface area contributed by atoms with Crippen LogP contribution in [0.1, 0.15) is 23.0 Å². The number of fused-ring (bicyclic) bond motifs is 1. The smallest absolute Gasteiger partial charge is 0.325 e. The minimum atomic E-state index is -0.448. The SMILES string of the molecule is CCOC(=O)CNC(=O)c1cc(C)nc2ccccc12. The molecule has 1 aromatic heterocycles. The number of esters is 1. The van der Waals surface area contributed by atoms with E-state index in [1.807, 2.05) is 31.2 Å². The zero-order valence-corrected chi connectivity index (χ0v) is 11.5. The normalized spacial score (nSPS) is 10.3. The van der Waals surface area contributed by atoms with E-state index < -0.39 is 5.97 Å². The molecular weight excluding hydrogens is 256 g/mol. The van der Waals surface area contributed by atoms with Gasteiger partial charge in [0.1, 0.15) is 6.54 Å². The Hall–Kier alpha value is -2.43. The summed E-state index contributed by atoms with van der Waals surface area (Å²) < 4.78 is 4.77. The highest BCUT2D eigenvalue weighted by Gasteiger charge is 2.13. The van der Waals surface area contributed by atoms with Gasteiger partial charge in [-0.1, -0.05) is 18.2 Å². The second-order valence-electron chi connectivity index (χ2n) is 4.32. The molecule has 0 bridgehead atoms. The molecule has 0 atom stereocenters. The Morgan fingerprint density at radius 1 is 1.30 bits per heavy atom. The number of carbonyl (C=O) groups excluding carboxylic acids is 2. The first-order valence-corrected chi connectivity index (χ1v) is 6.42. The van der Waals surface area contributed by atoms with Crippen molar-refractivity contribution in [3.63, 3.8) is 0 Å². The second kappa shape index (κ2) is 6.14. The molecule has 20 heavy (non-hydrogen) atoms. The van der Waals surface area contributed by atoms with E-state index in [1.165, 1.54) is 0 Å². The number of amides is 1. The lowest BCUT2D eigenvalue weighted by Crippen LogP contribution is -2.30. The van der Waals surface area contributed by atoms with Gasteiger partial charge < -0.3 is 10.1 Å². The number of para-hydroxylation sites is 1. The number of aryl methyl sites for hydroxylation is 1. The highest BCUT2D eigenvalue weighted by atomic mass is 16.5. The van der Waals surface area contributed by atoms with Crippen LogP contribution in [0.3, 0.4) is 0 Å². The second-order valence-corrected chi connectivity index (χ2v) is 4.32. The third-order valence-electron chi connectivity index (χ3n) is 2.79. The van der Waals surface area contributed by atoms with Gasteiger partial charge in [-0.25, -0.2) is 0 Å². The number of ether oxygens (including phenoxy) is 1. The van der Waals surface area contributed by atoms with Gasteiger partial charge in [-0.05, 0) is 26.0 Å². The zero-order chi connectivity index (χ0) is 14.5. The van der Waals surface area contributed by atoms with Crippen LogP contribution in [0.5, 0.6) is 0 Å². The van der Waals surface area contributed by atoms with Gasteiger partial charge in [0.25, 0.3) is 5.91 Å². The number of aromatic nitrogens is 1. The fourth-order valence-electron chi connectivity index (χ4n) is 1.96. The molecule has 0 saturated carbocycles. The average molecular weight is 272 g/mol. The van der Waals surface area contributed by atoms with Crippen molar-refractivity contribution in [3.05, 3.63) is 41.6 Å². The Bertz CT molecular complexity index is 653. The summed E-state index contributed by atoms with van der Waals surface area (Å²) in [7, 11) is 0. The first-order valence-electron chi connectivity index (χ1n) is 6.42. The number of hydrogen-bond acceptors (Lipinski definition) is 4. The van der Waals surface area contributed by atoms with Crippen molar-refractivity contribution in [1.82, 2.24) is 10.3 Å². The number of pyridine rings is 1. The standard InChI is InChI=1S/C15H16N2O3/c1-3-20-14(18)9-16-15(19)12-8-10(2)17-13-7-5-4-6-11(12)13/h4-8H,3,9H2,1-2H3,(H,16,19). The van der Waals surface area contributed by atoms with Gasteiger partial charge in [0, 0.05) is 11.1 Å². The molecule has 0 aliphatic rings. The first-order chi connectivity index (χ1) is 9.61. The molecule has 0 aliphatic carbocycles. The van der Waals surface area contributed by atoms with Gasteiger partial charge in [-0.3, -0.25) is 14.6 Å². The maximum absolute atomic E-state index is 12.2. The molecule has 2 rings (SSSR count). The minimum absolute atomic E-state index is 0.137. The number of rotatable bonds is 4. The summed E-state index contributed by atoms with van der Waals surface area (Å²) in [5.74, 6) is -0.754. The summed E-state index contributed by atoms with van der Waals surface area (Å²) in [5, 5.41) is 3.33. The van der Waals surface area contributed by atoms with E-state index in [4.69, 9.17) is 4.74 Å². The topological polar surface area (TPSA) is 68.3 Å². The van der Waals surface area contributed by atoms with E-state index in [1.54, 1.807) is 13.0 Å². The molecule has 5 nitrogen and oxygen atoms in total. The van der Waals surface area contributed by atoms with Gasteiger partial charge in [0.05, 0.1) is 17.7 Å². The van der Waals surface area contributed by atoms with Crippen molar-refractivity contribution in [3.8, 4) is 0 Å². The average Bonchev–Trinajstić information content (AvgIpc) is 2.44. The number of benzene rings is 1. The predicted molar refractivity (Wildman–Crippen MR) is 75.4 cm³/mol. The minimum Gasteiger partial charge on any atom is -0.465 e. The fraction of sp³-hybridized carbons (Fsp3) is 0.267. The van der Waals surface area contributed by atoms with E-state index in [9.17, 15) is 9.59 Å². The van der Waals surface area contributed by atoms with Crippen molar-refractivity contribution < 1.29 is 14.3 Å². The Morgan fingerprint density at radius 3 is 2.80 bits per heavy atom. The van der Waals surface area contributed by atoms with Gasteiger partial charge in [-0.2, -0.15) is 0 Å². The quantitative estimate of drug-likeness (QED) is 0.862. The lowest BCUT2D eigenvalue weighted by atomic mass is 10.1. The Morgan fingerprint density at radius 2 is 2.05 bits per heavy atom. The number of nitrogens with one attached hydrogen (secondary N) is 1. The highest BCUT2D eigenvalue weighted by Crippen LogP contribution is 2.17. The number of nitrogens with zero attached hydrogens (tertiary/aromatic N) is 1. The van der Waals surface area contributed by atoms with Gasteiger partial charge >= 0.3 is 5.97 Å². The number of hydrogen-bond donors (Lipinski definition) is 1. The van der Waals surface area contributed by atoms with Crippen molar-refractivity contribution in [2.24, 2.45) is 0 Å². The highest BCUT2D eigenvalue weighted by molar-refractivity contribution is 6.06. The summed E-state index contributed by atoms with van der Waals surface area (Å²) in [5.41, 5.74) is 2.02. The third kappa shape index (κ3) is 3.12. The van der Waals surface area contributed by atoms with Crippen molar-refractivity contribution in [2.75, 3.05) is 13.2 Å². The van der Waals surface area contributed by atoms with Crippen LogP contribution >= 0.6 is 0 Å². The molecule has 1 N–H and O–H groups in total. The summed E-state index contributed by atoms with van der Waals surface area (Å²) in [6.07, 6.45) is 0. The molecular formula is C15H16N2O3. The van der Waals surface area contributed by atoms with Crippen LogP contribution in [-0.2, 0) is 9.53 Å². The first kappa shape index (κ1) is 14.0. The molecule has 5 heteroatoms. The van der Waals surface area contributed by atoms with Crippen LogP contribution in [0.15, 0.2) is 30.3 Å². The van der Waals surface area contributed by atoms with Crippen LogP contribution in [0.2, 0.25) is 0 Å². The molecule has 1 aromatic carbocycles. The Balaban J connectivity index is 2.23. The number of carbonyl (C=O) groups is 2. The maximum Gasteiger partial charge on any atom is 0.325 e. The largest absolute Gasteiger partial charge is 0.465 e. The van der Waals surface area contributed by atoms with Crippen molar-refractivity contribution in [1.29, 1.82) is 0 Å². The summed E-state index contributed by atoms with van der Waals surface area (Å²) in [6.45, 7) is 3.71. The van der Waals surface area contributed by atoms with E-state index in [-0.39, 0.29) is 12.5 Å². The van der Waals surface area contributed by atoms with E-state index in [0.29, 0.717) is 12.2 Å². The van der Waals surface area contributed by atoms with E-state index in [2.05, 4.69) is 10.3 Å². The molecule has 2 aromatic rings. The molecule has 0 spiro atoms. The molecule has 1 amide bonds. The van der Waals surface area contributed by atoms with Crippen molar-refractivity contribution in [2.45, 2.75) is 13.8 Å². The van der Waals surface area contributed by atoms with Crippen LogP contribution in [0, 0.1) is 6.92 Å². The van der Waals surface area contributed by atoms with Gasteiger partial charge in [0.2, 0.25) is 0 Å². The summed E-state index contributed by atoms with van der Waals surface area (Å²) >= 11 is 0. The maximum atomic E-state index is 12.2. The molecule has 0 radical (unpaired) electrons. The summed E-state index contributed by atoms with van der Waals surface area (Å²) in [6, 6.07) is 9.12. The van der Waals surface area contributed by atoms with E-state index >= 15 is 0 Å². The molecule has 0 saturated heterocycles.